The van der Waals surface area contributed by atoms with E-state index in [0.717, 1.165) is 19.3 Å². The Labute approximate surface area is 91.4 Å². The molecule has 1 saturated heterocycles. The minimum atomic E-state index is -0.310. The van der Waals surface area contributed by atoms with Crippen LogP contribution in [-0.4, -0.2) is 41.7 Å². The van der Waals surface area contributed by atoms with E-state index >= 15 is 0 Å². The van der Waals surface area contributed by atoms with Crippen LogP contribution in [0.4, 0.5) is 0 Å². The Bertz CT molecular complexity index is 209. The SMILES string of the molecule is CC(CCN)CCC(=O)N1CC[C@@H](O)C1. The fourth-order valence-electron chi connectivity index (χ4n) is 1.93. The van der Waals surface area contributed by atoms with Crippen molar-refractivity contribution in [1.29, 1.82) is 0 Å². The zero-order valence-corrected chi connectivity index (χ0v) is 9.48. The van der Waals surface area contributed by atoms with Gasteiger partial charge in [-0.15, -0.1) is 0 Å². The van der Waals surface area contributed by atoms with E-state index in [1.54, 1.807) is 4.90 Å². The second-order valence-electron chi connectivity index (χ2n) is 4.50. The molecule has 0 aromatic rings. The lowest BCUT2D eigenvalue weighted by molar-refractivity contribution is -0.130. The van der Waals surface area contributed by atoms with Crippen LogP contribution in [-0.2, 0) is 4.79 Å². The van der Waals surface area contributed by atoms with Crippen LogP contribution in [0.1, 0.15) is 32.6 Å². The summed E-state index contributed by atoms with van der Waals surface area (Å²) in [7, 11) is 0. The van der Waals surface area contributed by atoms with Crippen molar-refractivity contribution < 1.29 is 9.90 Å². The third-order valence-electron chi connectivity index (χ3n) is 3.03. The molecule has 0 bridgehead atoms. The highest BCUT2D eigenvalue weighted by molar-refractivity contribution is 5.76. The molecule has 1 aliphatic heterocycles. The van der Waals surface area contributed by atoms with Gasteiger partial charge in [-0.3, -0.25) is 4.79 Å². The summed E-state index contributed by atoms with van der Waals surface area (Å²) in [6, 6.07) is 0. The van der Waals surface area contributed by atoms with E-state index in [9.17, 15) is 9.90 Å². The molecule has 0 spiro atoms. The highest BCUT2D eigenvalue weighted by atomic mass is 16.3. The number of aliphatic hydroxyl groups is 1. The van der Waals surface area contributed by atoms with E-state index in [4.69, 9.17) is 5.73 Å². The fourth-order valence-corrected chi connectivity index (χ4v) is 1.93. The average Bonchev–Trinajstić information content (AvgIpc) is 2.62. The van der Waals surface area contributed by atoms with Gasteiger partial charge in [-0.25, -0.2) is 0 Å². The standard InChI is InChI=1S/C11H22N2O2/c1-9(4-6-12)2-3-11(15)13-7-5-10(14)8-13/h9-10,14H,2-8,12H2,1H3/t9?,10-/m1/s1. The van der Waals surface area contributed by atoms with E-state index in [1.807, 2.05) is 0 Å². The largest absolute Gasteiger partial charge is 0.391 e. The summed E-state index contributed by atoms with van der Waals surface area (Å²) >= 11 is 0. The molecular formula is C11H22N2O2. The fraction of sp³-hybridized carbons (Fsp3) is 0.909. The van der Waals surface area contributed by atoms with Crippen molar-refractivity contribution >= 4 is 5.91 Å². The molecule has 4 heteroatoms. The molecule has 0 aromatic heterocycles. The number of aliphatic hydroxyl groups excluding tert-OH is 1. The summed E-state index contributed by atoms with van der Waals surface area (Å²) < 4.78 is 0. The van der Waals surface area contributed by atoms with E-state index in [0.29, 0.717) is 32.0 Å². The topological polar surface area (TPSA) is 66.6 Å². The van der Waals surface area contributed by atoms with Crippen LogP contribution in [0.15, 0.2) is 0 Å². The zero-order valence-electron chi connectivity index (χ0n) is 9.48. The molecule has 1 amide bonds. The van der Waals surface area contributed by atoms with Crippen LogP contribution in [0, 0.1) is 5.92 Å². The number of amides is 1. The Hall–Kier alpha value is -0.610. The van der Waals surface area contributed by atoms with Crippen LogP contribution < -0.4 is 5.73 Å². The quantitative estimate of drug-likeness (QED) is 0.693. The molecule has 0 aromatic carbocycles. The van der Waals surface area contributed by atoms with Crippen LogP contribution in [0.25, 0.3) is 0 Å². The number of rotatable bonds is 5. The third kappa shape index (κ3) is 4.18. The summed E-state index contributed by atoms with van der Waals surface area (Å²) in [5.74, 6) is 0.696. The number of hydrogen-bond donors (Lipinski definition) is 2. The third-order valence-corrected chi connectivity index (χ3v) is 3.03. The summed E-state index contributed by atoms with van der Waals surface area (Å²) in [5, 5.41) is 9.30. The van der Waals surface area contributed by atoms with Crippen molar-refractivity contribution in [2.75, 3.05) is 19.6 Å². The van der Waals surface area contributed by atoms with E-state index in [1.165, 1.54) is 0 Å². The van der Waals surface area contributed by atoms with Gasteiger partial charge in [0.25, 0.3) is 0 Å². The van der Waals surface area contributed by atoms with Gasteiger partial charge in [0, 0.05) is 19.5 Å². The molecule has 0 saturated carbocycles. The summed E-state index contributed by atoms with van der Waals surface area (Å²) in [4.78, 5) is 13.4. The lowest BCUT2D eigenvalue weighted by atomic mass is 10.0. The molecular weight excluding hydrogens is 192 g/mol. The lowest BCUT2D eigenvalue weighted by Gasteiger charge is -2.16. The first kappa shape index (κ1) is 12.5. The minimum Gasteiger partial charge on any atom is -0.391 e. The monoisotopic (exact) mass is 214 g/mol. The highest BCUT2D eigenvalue weighted by Crippen LogP contribution is 2.14. The predicted molar refractivity (Wildman–Crippen MR) is 59.3 cm³/mol. The predicted octanol–water partition coefficient (Wildman–Crippen LogP) is 0.345. The molecule has 88 valence electrons. The second-order valence-corrected chi connectivity index (χ2v) is 4.50. The molecule has 0 aliphatic carbocycles. The number of hydrogen-bond acceptors (Lipinski definition) is 3. The Morgan fingerprint density at radius 2 is 2.33 bits per heavy atom. The summed E-state index contributed by atoms with van der Waals surface area (Å²) in [6.07, 6.45) is 2.90. The minimum absolute atomic E-state index is 0.176. The highest BCUT2D eigenvalue weighted by Gasteiger charge is 2.24. The van der Waals surface area contributed by atoms with Crippen molar-refractivity contribution in [3.63, 3.8) is 0 Å². The molecule has 1 fully saturated rings. The molecule has 1 rings (SSSR count). The van der Waals surface area contributed by atoms with E-state index < -0.39 is 0 Å². The first-order valence-electron chi connectivity index (χ1n) is 5.79. The van der Waals surface area contributed by atoms with E-state index in [2.05, 4.69) is 6.92 Å². The van der Waals surface area contributed by atoms with Gasteiger partial charge in [0.2, 0.25) is 5.91 Å². The molecule has 1 unspecified atom stereocenters. The van der Waals surface area contributed by atoms with Crippen molar-refractivity contribution in [2.24, 2.45) is 11.7 Å². The van der Waals surface area contributed by atoms with Crippen LogP contribution >= 0.6 is 0 Å². The second kappa shape index (κ2) is 6.08. The Balaban J connectivity index is 2.18. The number of carbonyl (C=O) groups is 1. The molecule has 1 heterocycles. The van der Waals surface area contributed by atoms with Gasteiger partial charge in [-0.1, -0.05) is 6.92 Å². The van der Waals surface area contributed by atoms with Gasteiger partial charge < -0.3 is 15.7 Å². The Morgan fingerprint density at radius 3 is 2.87 bits per heavy atom. The van der Waals surface area contributed by atoms with Gasteiger partial charge in [-0.05, 0) is 31.7 Å². The molecule has 4 nitrogen and oxygen atoms in total. The molecule has 0 radical (unpaired) electrons. The van der Waals surface area contributed by atoms with Crippen molar-refractivity contribution in [1.82, 2.24) is 4.90 Å². The van der Waals surface area contributed by atoms with Crippen molar-refractivity contribution in [3.05, 3.63) is 0 Å². The maximum atomic E-state index is 11.7. The number of nitrogens with two attached hydrogens (primary N) is 1. The van der Waals surface area contributed by atoms with Gasteiger partial charge in [0.15, 0.2) is 0 Å². The first-order chi connectivity index (χ1) is 7.13. The van der Waals surface area contributed by atoms with Crippen LogP contribution in [0.3, 0.4) is 0 Å². The Kier molecular flexibility index (Phi) is 5.05. The number of likely N-dealkylation sites (tertiary alicyclic amines) is 1. The summed E-state index contributed by atoms with van der Waals surface area (Å²) in [6.45, 7) is 4.05. The van der Waals surface area contributed by atoms with Crippen molar-refractivity contribution in [2.45, 2.75) is 38.7 Å². The van der Waals surface area contributed by atoms with Crippen molar-refractivity contribution in [3.8, 4) is 0 Å². The maximum absolute atomic E-state index is 11.7. The number of carbonyl (C=O) groups excluding carboxylic acids is 1. The van der Waals surface area contributed by atoms with Gasteiger partial charge in [0.1, 0.15) is 0 Å². The van der Waals surface area contributed by atoms with Crippen LogP contribution in [0.5, 0.6) is 0 Å². The number of nitrogens with zero attached hydrogens (tertiary/aromatic N) is 1. The maximum Gasteiger partial charge on any atom is 0.222 e. The average molecular weight is 214 g/mol. The molecule has 3 N–H and O–H groups in total. The molecule has 2 atom stereocenters. The van der Waals surface area contributed by atoms with Crippen LogP contribution in [0.2, 0.25) is 0 Å². The first-order valence-corrected chi connectivity index (χ1v) is 5.79. The van der Waals surface area contributed by atoms with Gasteiger partial charge in [-0.2, -0.15) is 0 Å². The lowest BCUT2D eigenvalue weighted by Crippen LogP contribution is -2.29. The Morgan fingerprint density at radius 1 is 1.60 bits per heavy atom. The van der Waals surface area contributed by atoms with Gasteiger partial charge >= 0.3 is 0 Å². The van der Waals surface area contributed by atoms with Gasteiger partial charge in [0.05, 0.1) is 6.10 Å². The van der Waals surface area contributed by atoms with E-state index in [-0.39, 0.29) is 12.0 Å². The normalized spacial score (nSPS) is 23.1. The number of β-amino-alcohol motifs (C(OH)–C–C–N with tert-alkyl or cyclic N) is 1. The smallest absolute Gasteiger partial charge is 0.222 e. The molecule has 1 aliphatic rings. The summed E-state index contributed by atoms with van der Waals surface area (Å²) in [5.41, 5.74) is 5.45. The zero-order chi connectivity index (χ0) is 11.3. The molecule has 15 heavy (non-hydrogen) atoms.